The summed E-state index contributed by atoms with van der Waals surface area (Å²) in [5.74, 6) is 1.72. The Kier molecular flexibility index (Phi) is 6.19. The van der Waals surface area contributed by atoms with E-state index in [0.717, 1.165) is 0 Å². The molecule has 0 amide bonds. The van der Waals surface area contributed by atoms with Crippen LogP contribution in [0.4, 0.5) is 0 Å². The van der Waals surface area contributed by atoms with E-state index >= 15 is 0 Å². The molecule has 0 radical (unpaired) electrons. The largest absolute Gasteiger partial charge is 0.381 e. The van der Waals surface area contributed by atoms with Crippen LogP contribution < -0.4 is 0 Å². The third-order valence-electron chi connectivity index (χ3n) is 3.59. The Hall–Kier alpha value is -0.300. The molecule has 0 aromatic rings. The summed E-state index contributed by atoms with van der Waals surface area (Å²) in [5.41, 5.74) is 3.00. The third kappa shape index (κ3) is 3.98. The molecule has 0 rings (SSSR count). The minimum absolute atomic E-state index is 0.332. The van der Waals surface area contributed by atoms with Gasteiger partial charge in [-0.2, -0.15) is 0 Å². The first-order valence-electron chi connectivity index (χ1n) is 6.02. The van der Waals surface area contributed by atoms with Crippen LogP contribution >= 0.6 is 0 Å². The van der Waals surface area contributed by atoms with Crippen LogP contribution in [-0.2, 0) is 4.74 Å². The van der Waals surface area contributed by atoms with E-state index in [9.17, 15) is 0 Å². The molecule has 0 N–H and O–H groups in total. The second kappa shape index (κ2) is 6.32. The van der Waals surface area contributed by atoms with Gasteiger partial charge >= 0.3 is 0 Å². The highest BCUT2D eigenvalue weighted by Gasteiger charge is 2.22. The van der Waals surface area contributed by atoms with Crippen LogP contribution in [0.3, 0.4) is 0 Å². The fourth-order valence-corrected chi connectivity index (χ4v) is 2.11. The second-order valence-electron chi connectivity index (χ2n) is 5.25. The molecule has 0 aliphatic carbocycles. The van der Waals surface area contributed by atoms with Gasteiger partial charge in [0.1, 0.15) is 0 Å². The number of allylic oxidation sites excluding steroid dienone is 1. The lowest BCUT2D eigenvalue weighted by molar-refractivity contribution is 0.0340. The Labute approximate surface area is 95.9 Å². The average Bonchev–Trinajstić information content (AvgIpc) is 2.15. The Morgan fingerprint density at radius 3 is 1.60 bits per heavy atom. The monoisotopic (exact) mass is 212 g/mol. The fraction of sp³-hybridized carbons (Fsp3) is 0.857. The summed E-state index contributed by atoms with van der Waals surface area (Å²) in [6, 6.07) is 0. The molecule has 0 heterocycles. The van der Waals surface area contributed by atoms with Crippen molar-refractivity contribution >= 4 is 0 Å². The normalized spacial score (nSPS) is 18.0. The van der Waals surface area contributed by atoms with E-state index in [0.29, 0.717) is 23.9 Å². The van der Waals surface area contributed by atoms with Gasteiger partial charge in [-0.3, -0.25) is 0 Å². The SMILES string of the molecule is COC(C(C)C)C(C)/C(C)=C(\C)C(C)C. The van der Waals surface area contributed by atoms with Gasteiger partial charge in [-0.25, -0.2) is 0 Å². The van der Waals surface area contributed by atoms with Gasteiger partial charge in [0.2, 0.25) is 0 Å². The minimum atomic E-state index is 0.332. The average molecular weight is 212 g/mol. The van der Waals surface area contributed by atoms with E-state index in [4.69, 9.17) is 4.74 Å². The summed E-state index contributed by atoms with van der Waals surface area (Å²) in [6.45, 7) is 15.7. The number of ether oxygens (including phenoxy) is 1. The molecule has 0 aromatic heterocycles. The van der Waals surface area contributed by atoms with Crippen LogP contribution in [0.25, 0.3) is 0 Å². The molecule has 0 fully saturated rings. The minimum Gasteiger partial charge on any atom is -0.381 e. The van der Waals surface area contributed by atoms with E-state index in [1.165, 1.54) is 11.1 Å². The molecule has 0 spiro atoms. The topological polar surface area (TPSA) is 9.23 Å². The first-order chi connectivity index (χ1) is 6.82. The van der Waals surface area contributed by atoms with Crippen LogP contribution in [0, 0.1) is 17.8 Å². The van der Waals surface area contributed by atoms with Gasteiger partial charge in [-0.15, -0.1) is 0 Å². The van der Waals surface area contributed by atoms with E-state index in [1.54, 1.807) is 0 Å². The molecule has 90 valence electrons. The first kappa shape index (κ1) is 14.7. The Morgan fingerprint density at radius 2 is 1.33 bits per heavy atom. The number of methoxy groups -OCH3 is 1. The van der Waals surface area contributed by atoms with Crippen molar-refractivity contribution in [2.45, 2.75) is 54.6 Å². The molecule has 2 atom stereocenters. The maximum Gasteiger partial charge on any atom is 0.0656 e. The molecule has 0 aromatic carbocycles. The fourth-order valence-electron chi connectivity index (χ4n) is 2.11. The van der Waals surface area contributed by atoms with Crippen molar-refractivity contribution < 1.29 is 4.74 Å². The van der Waals surface area contributed by atoms with Gasteiger partial charge in [0.25, 0.3) is 0 Å². The van der Waals surface area contributed by atoms with E-state index in [1.807, 2.05) is 7.11 Å². The molecular formula is C14H28O. The van der Waals surface area contributed by atoms with Crippen molar-refractivity contribution in [1.29, 1.82) is 0 Å². The van der Waals surface area contributed by atoms with Crippen molar-refractivity contribution in [3.8, 4) is 0 Å². The van der Waals surface area contributed by atoms with Gasteiger partial charge in [0.05, 0.1) is 6.10 Å². The van der Waals surface area contributed by atoms with Crippen molar-refractivity contribution in [3.63, 3.8) is 0 Å². The zero-order valence-corrected chi connectivity index (χ0v) is 11.7. The molecule has 0 saturated carbocycles. The Balaban J connectivity index is 4.82. The highest BCUT2D eigenvalue weighted by molar-refractivity contribution is 5.15. The number of rotatable bonds is 5. The molecule has 2 unspecified atom stereocenters. The zero-order valence-electron chi connectivity index (χ0n) is 11.7. The van der Waals surface area contributed by atoms with Crippen LogP contribution in [-0.4, -0.2) is 13.2 Å². The summed E-state index contributed by atoms with van der Waals surface area (Å²) < 4.78 is 5.59. The highest BCUT2D eigenvalue weighted by Crippen LogP contribution is 2.27. The lowest BCUT2D eigenvalue weighted by Crippen LogP contribution is -2.27. The summed E-state index contributed by atoms with van der Waals surface area (Å²) in [4.78, 5) is 0. The molecule has 0 aliphatic rings. The maximum atomic E-state index is 5.59. The predicted molar refractivity (Wildman–Crippen MR) is 68.0 cm³/mol. The predicted octanol–water partition coefficient (Wildman–Crippen LogP) is 4.29. The first-order valence-corrected chi connectivity index (χ1v) is 6.02. The molecule has 0 saturated heterocycles. The molecule has 15 heavy (non-hydrogen) atoms. The highest BCUT2D eigenvalue weighted by atomic mass is 16.5. The third-order valence-corrected chi connectivity index (χ3v) is 3.59. The Bertz CT molecular complexity index is 213. The van der Waals surface area contributed by atoms with E-state index in [2.05, 4.69) is 48.5 Å². The quantitative estimate of drug-likeness (QED) is 0.618. The van der Waals surface area contributed by atoms with E-state index in [-0.39, 0.29) is 0 Å². The molecular weight excluding hydrogens is 184 g/mol. The van der Waals surface area contributed by atoms with Crippen LogP contribution in [0.5, 0.6) is 0 Å². The smallest absolute Gasteiger partial charge is 0.0656 e. The van der Waals surface area contributed by atoms with Gasteiger partial charge in [-0.1, -0.05) is 45.8 Å². The van der Waals surface area contributed by atoms with Crippen LogP contribution in [0.1, 0.15) is 48.5 Å². The summed E-state index contributed by atoms with van der Waals surface area (Å²) in [6.07, 6.45) is 0.332. The lowest BCUT2D eigenvalue weighted by Gasteiger charge is -2.28. The Morgan fingerprint density at radius 1 is 0.867 bits per heavy atom. The zero-order chi connectivity index (χ0) is 12.2. The van der Waals surface area contributed by atoms with Crippen molar-refractivity contribution in [2.75, 3.05) is 7.11 Å². The molecule has 1 heteroatoms. The van der Waals surface area contributed by atoms with Gasteiger partial charge < -0.3 is 4.74 Å². The van der Waals surface area contributed by atoms with Gasteiger partial charge in [0.15, 0.2) is 0 Å². The lowest BCUT2D eigenvalue weighted by atomic mass is 9.84. The van der Waals surface area contributed by atoms with Crippen molar-refractivity contribution in [3.05, 3.63) is 11.1 Å². The van der Waals surface area contributed by atoms with Gasteiger partial charge in [0, 0.05) is 13.0 Å². The van der Waals surface area contributed by atoms with Gasteiger partial charge in [-0.05, 0) is 25.7 Å². The standard InChI is InChI=1S/C14H28O/c1-9(2)11(5)12(6)13(7)14(15-8)10(3)4/h9-10,13-14H,1-8H3/b12-11+. The number of hydrogen-bond donors (Lipinski definition) is 0. The summed E-state index contributed by atoms with van der Waals surface area (Å²) >= 11 is 0. The number of hydrogen-bond acceptors (Lipinski definition) is 1. The molecule has 1 nitrogen and oxygen atoms in total. The molecule has 0 aliphatic heterocycles. The second-order valence-corrected chi connectivity index (χ2v) is 5.25. The maximum absolute atomic E-state index is 5.59. The van der Waals surface area contributed by atoms with Crippen LogP contribution in [0.15, 0.2) is 11.1 Å². The van der Waals surface area contributed by atoms with Crippen molar-refractivity contribution in [2.24, 2.45) is 17.8 Å². The summed E-state index contributed by atoms with van der Waals surface area (Å²) in [7, 11) is 1.82. The van der Waals surface area contributed by atoms with E-state index < -0.39 is 0 Å². The van der Waals surface area contributed by atoms with Crippen molar-refractivity contribution in [1.82, 2.24) is 0 Å². The summed E-state index contributed by atoms with van der Waals surface area (Å²) in [5, 5.41) is 0. The van der Waals surface area contributed by atoms with Crippen LogP contribution in [0.2, 0.25) is 0 Å². The molecule has 0 bridgehead atoms.